The van der Waals surface area contributed by atoms with Crippen molar-refractivity contribution in [1.29, 1.82) is 0 Å². The summed E-state index contributed by atoms with van der Waals surface area (Å²) in [4.78, 5) is 37.7. The molecule has 7 nitrogen and oxygen atoms in total. The zero-order chi connectivity index (χ0) is 21.4. The van der Waals surface area contributed by atoms with Crippen LogP contribution >= 0.6 is 0 Å². The van der Waals surface area contributed by atoms with E-state index in [1.54, 1.807) is 31.7 Å². The number of piperidine rings is 1. The van der Waals surface area contributed by atoms with Crippen molar-refractivity contribution in [3.8, 4) is 0 Å². The molecule has 1 aromatic rings. The van der Waals surface area contributed by atoms with Crippen LogP contribution in [0.2, 0.25) is 0 Å². The first-order chi connectivity index (χ1) is 13.6. The number of carbonyl (C=O) groups excluding carboxylic acids is 3. The Bertz CT molecular complexity index is 725. The Kier molecular flexibility index (Phi) is 7.99. The molecule has 2 rings (SSSR count). The van der Waals surface area contributed by atoms with Gasteiger partial charge in [-0.05, 0) is 57.7 Å². The summed E-state index contributed by atoms with van der Waals surface area (Å²) in [5, 5.41) is 5.30. The van der Waals surface area contributed by atoms with E-state index in [2.05, 4.69) is 10.6 Å². The van der Waals surface area contributed by atoms with Crippen molar-refractivity contribution in [3.05, 3.63) is 35.6 Å². The van der Waals surface area contributed by atoms with Crippen molar-refractivity contribution in [2.45, 2.75) is 58.1 Å². The fraction of sp³-hybridized carbons (Fsp3) is 0.571. The van der Waals surface area contributed by atoms with Gasteiger partial charge in [-0.25, -0.2) is 9.18 Å². The smallest absolute Gasteiger partial charge is 0.408 e. The number of alkyl carbamates (subject to hydrolysis) is 1. The van der Waals surface area contributed by atoms with Crippen molar-refractivity contribution in [2.75, 3.05) is 19.6 Å². The normalized spacial score (nSPS) is 15.0. The predicted molar refractivity (Wildman–Crippen MR) is 107 cm³/mol. The van der Waals surface area contributed by atoms with Crippen molar-refractivity contribution in [3.63, 3.8) is 0 Å². The van der Waals surface area contributed by atoms with Gasteiger partial charge in [0.1, 0.15) is 18.0 Å². The summed E-state index contributed by atoms with van der Waals surface area (Å²) >= 11 is 0. The molecule has 1 aliphatic rings. The molecular formula is C21H30FN3O4. The lowest BCUT2D eigenvalue weighted by Gasteiger charge is -2.32. The van der Waals surface area contributed by atoms with Crippen molar-refractivity contribution in [2.24, 2.45) is 0 Å². The lowest BCUT2D eigenvalue weighted by molar-refractivity contribution is -0.132. The number of carbonyl (C=O) groups is 3. The number of benzene rings is 1. The second kappa shape index (κ2) is 10.2. The molecule has 0 aliphatic carbocycles. The van der Waals surface area contributed by atoms with Gasteiger partial charge >= 0.3 is 6.09 Å². The number of hydrogen-bond acceptors (Lipinski definition) is 4. The van der Waals surface area contributed by atoms with Crippen LogP contribution in [0.5, 0.6) is 0 Å². The van der Waals surface area contributed by atoms with Crippen LogP contribution in [-0.2, 0) is 20.7 Å². The van der Waals surface area contributed by atoms with Crippen molar-refractivity contribution in [1.82, 2.24) is 15.5 Å². The summed E-state index contributed by atoms with van der Waals surface area (Å²) in [6, 6.07) is 6.24. The van der Waals surface area contributed by atoms with E-state index < -0.39 is 11.7 Å². The van der Waals surface area contributed by atoms with Crippen LogP contribution in [0.15, 0.2) is 24.3 Å². The first kappa shape index (κ1) is 22.6. The minimum Gasteiger partial charge on any atom is -0.444 e. The SMILES string of the molecule is CC(C)(C)OC(=O)NCC(=O)NC1CCN(C(=O)CCc2cccc(F)c2)CC1. The zero-order valence-corrected chi connectivity index (χ0v) is 17.3. The fourth-order valence-corrected chi connectivity index (χ4v) is 3.12. The van der Waals surface area contributed by atoms with E-state index in [1.807, 2.05) is 6.07 Å². The Morgan fingerprint density at radius 2 is 1.90 bits per heavy atom. The summed E-state index contributed by atoms with van der Waals surface area (Å²) in [6.45, 7) is 6.22. The van der Waals surface area contributed by atoms with Gasteiger partial charge in [-0.1, -0.05) is 12.1 Å². The molecule has 0 saturated carbocycles. The highest BCUT2D eigenvalue weighted by molar-refractivity contribution is 5.82. The molecule has 0 aromatic heterocycles. The maximum Gasteiger partial charge on any atom is 0.408 e. The van der Waals surface area contributed by atoms with Crippen LogP contribution in [0.1, 0.15) is 45.6 Å². The van der Waals surface area contributed by atoms with Crippen molar-refractivity contribution >= 4 is 17.9 Å². The van der Waals surface area contributed by atoms with E-state index in [1.165, 1.54) is 12.1 Å². The Labute approximate surface area is 171 Å². The van der Waals surface area contributed by atoms with E-state index in [0.29, 0.717) is 38.8 Å². The average Bonchev–Trinajstić information content (AvgIpc) is 2.64. The average molecular weight is 407 g/mol. The highest BCUT2D eigenvalue weighted by atomic mass is 19.1. The Balaban J connectivity index is 1.65. The molecular weight excluding hydrogens is 377 g/mol. The molecule has 29 heavy (non-hydrogen) atoms. The minimum atomic E-state index is -0.633. The van der Waals surface area contributed by atoms with Crippen LogP contribution < -0.4 is 10.6 Å². The zero-order valence-electron chi connectivity index (χ0n) is 17.3. The number of hydrogen-bond donors (Lipinski definition) is 2. The Hall–Kier alpha value is -2.64. The summed E-state index contributed by atoms with van der Waals surface area (Å²) in [7, 11) is 0. The van der Waals surface area contributed by atoms with Gasteiger partial charge < -0.3 is 20.3 Å². The third kappa shape index (κ3) is 8.50. The van der Waals surface area contributed by atoms with Crippen LogP contribution in [-0.4, -0.2) is 54.1 Å². The standard InChI is InChI=1S/C21H30FN3O4/c1-21(2,3)29-20(28)23-14-18(26)24-17-9-11-25(12-10-17)19(27)8-7-15-5-4-6-16(22)13-15/h4-6,13,17H,7-12,14H2,1-3H3,(H,23,28)(H,24,26). The van der Waals surface area contributed by atoms with Crippen molar-refractivity contribution < 1.29 is 23.5 Å². The van der Waals surface area contributed by atoms with Crippen LogP contribution in [0.3, 0.4) is 0 Å². The van der Waals surface area contributed by atoms with Gasteiger partial charge in [-0.15, -0.1) is 0 Å². The fourth-order valence-electron chi connectivity index (χ4n) is 3.12. The lowest BCUT2D eigenvalue weighted by atomic mass is 10.0. The van der Waals surface area contributed by atoms with Crippen LogP contribution in [0.4, 0.5) is 9.18 Å². The Morgan fingerprint density at radius 3 is 2.52 bits per heavy atom. The van der Waals surface area contributed by atoms with Gasteiger partial charge in [0.25, 0.3) is 0 Å². The molecule has 0 radical (unpaired) electrons. The molecule has 1 fully saturated rings. The summed E-state index contributed by atoms with van der Waals surface area (Å²) in [5.74, 6) is -0.551. The number of amides is 3. The summed E-state index contributed by atoms with van der Waals surface area (Å²) < 4.78 is 18.3. The number of rotatable bonds is 6. The molecule has 3 amide bonds. The molecule has 0 atom stereocenters. The van der Waals surface area contributed by atoms with E-state index >= 15 is 0 Å². The number of aryl methyl sites for hydroxylation is 1. The molecule has 0 unspecified atom stereocenters. The highest BCUT2D eigenvalue weighted by Gasteiger charge is 2.24. The molecule has 160 valence electrons. The van der Waals surface area contributed by atoms with E-state index in [0.717, 1.165) is 5.56 Å². The molecule has 2 N–H and O–H groups in total. The molecule has 1 aromatic carbocycles. The van der Waals surface area contributed by atoms with Gasteiger partial charge in [-0.2, -0.15) is 0 Å². The first-order valence-electron chi connectivity index (χ1n) is 9.91. The minimum absolute atomic E-state index is 0.0322. The molecule has 1 saturated heterocycles. The first-order valence-corrected chi connectivity index (χ1v) is 9.91. The molecule has 0 spiro atoms. The number of ether oxygens (including phenoxy) is 1. The van der Waals surface area contributed by atoms with E-state index in [9.17, 15) is 18.8 Å². The van der Waals surface area contributed by atoms with Gasteiger partial charge in [0, 0.05) is 25.6 Å². The van der Waals surface area contributed by atoms with E-state index in [-0.39, 0.29) is 30.2 Å². The highest BCUT2D eigenvalue weighted by Crippen LogP contribution is 2.13. The molecule has 8 heteroatoms. The topological polar surface area (TPSA) is 87.7 Å². The summed E-state index contributed by atoms with van der Waals surface area (Å²) in [5.41, 5.74) is 0.187. The van der Waals surface area contributed by atoms with Gasteiger partial charge in [0.15, 0.2) is 0 Å². The maximum absolute atomic E-state index is 13.2. The second-order valence-electron chi connectivity index (χ2n) is 8.21. The monoisotopic (exact) mass is 407 g/mol. The number of likely N-dealkylation sites (tertiary alicyclic amines) is 1. The molecule has 0 bridgehead atoms. The maximum atomic E-state index is 13.2. The van der Waals surface area contributed by atoms with Gasteiger partial charge in [0.2, 0.25) is 11.8 Å². The van der Waals surface area contributed by atoms with E-state index in [4.69, 9.17) is 4.74 Å². The third-order valence-electron chi connectivity index (χ3n) is 4.52. The second-order valence-corrected chi connectivity index (χ2v) is 8.21. The predicted octanol–water partition coefficient (Wildman–Crippen LogP) is 2.39. The quantitative estimate of drug-likeness (QED) is 0.758. The van der Waals surface area contributed by atoms with Gasteiger partial charge in [-0.3, -0.25) is 9.59 Å². The van der Waals surface area contributed by atoms with Crippen LogP contribution in [0, 0.1) is 5.82 Å². The number of nitrogens with zero attached hydrogens (tertiary/aromatic N) is 1. The Morgan fingerprint density at radius 1 is 1.21 bits per heavy atom. The number of nitrogens with one attached hydrogen (secondary N) is 2. The largest absolute Gasteiger partial charge is 0.444 e. The number of halogens is 1. The summed E-state index contributed by atoms with van der Waals surface area (Å²) in [6.07, 6.45) is 1.52. The molecule has 1 heterocycles. The van der Waals surface area contributed by atoms with Gasteiger partial charge in [0.05, 0.1) is 0 Å². The lowest BCUT2D eigenvalue weighted by Crippen LogP contribution is -2.49. The third-order valence-corrected chi connectivity index (χ3v) is 4.52. The van der Waals surface area contributed by atoms with Crippen LogP contribution in [0.25, 0.3) is 0 Å². The molecule has 1 aliphatic heterocycles.